The van der Waals surface area contributed by atoms with Crippen molar-refractivity contribution in [2.45, 2.75) is 79.1 Å². The normalized spacial score (nSPS) is 10.5. The zero-order chi connectivity index (χ0) is 18.5. The van der Waals surface area contributed by atoms with E-state index in [1.165, 1.54) is 0 Å². The second-order valence-electron chi connectivity index (χ2n) is 5.31. The molecule has 0 heterocycles. The first-order valence-electron chi connectivity index (χ1n) is 9.21. The van der Waals surface area contributed by atoms with Gasteiger partial charge in [0.1, 0.15) is 0 Å². The largest absolute Gasteiger partial charge is 0.319 e. The van der Waals surface area contributed by atoms with Crippen molar-refractivity contribution in [3.63, 3.8) is 0 Å². The fraction of sp³-hybridized carbons (Fsp3) is 1.00. The average molecular weight is 447 g/mol. The molecule has 0 spiro atoms. The Balaban J connectivity index is -0.000000372. The molecule has 0 amide bonds. The van der Waals surface area contributed by atoms with Crippen LogP contribution in [-0.4, -0.2) is 26.4 Å². The minimum atomic E-state index is -2.18. The van der Waals surface area contributed by atoms with Gasteiger partial charge in [-0.1, -0.05) is 53.4 Å². The maximum Gasteiger partial charge on any atom is 0.319 e. The van der Waals surface area contributed by atoms with Gasteiger partial charge in [-0.15, -0.1) is 0 Å². The molecule has 157 valence electrons. The Morgan fingerprint density at radius 3 is 0.880 bits per heavy atom. The van der Waals surface area contributed by atoms with Gasteiger partial charge in [-0.3, -0.25) is 9.13 Å². The molecule has 0 aromatic carbocycles. The van der Waals surface area contributed by atoms with Crippen molar-refractivity contribution >= 4 is 16.5 Å². The number of unbranched alkanes of at least 4 members (excludes halogenated alkanes) is 4. The summed E-state index contributed by atoms with van der Waals surface area (Å²) in [5.74, 6) is 0. The van der Waals surface area contributed by atoms with Gasteiger partial charge in [-0.25, -0.2) is 0 Å². The molecular formula is C16H38CoO6P2. The number of rotatable bonds is 16. The van der Waals surface area contributed by atoms with Gasteiger partial charge in [-0.05, 0) is 25.7 Å². The molecular weight excluding hydrogens is 409 g/mol. The summed E-state index contributed by atoms with van der Waals surface area (Å²) < 4.78 is 41.7. The van der Waals surface area contributed by atoms with Gasteiger partial charge in [0.05, 0.1) is 26.4 Å². The van der Waals surface area contributed by atoms with Crippen LogP contribution in [-0.2, 0) is 44.0 Å². The quantitative estimate of drug-likeness (QED) is 0.213. The summed E-state index contributed by atoms with van der Waals surface area (Å²) in [6.07, 6.45) is 8.05. The van der Waals surface area contributed by atoms with Gasteiger partial charge in [0.25, 0.3) is 0 Å². The topological polar surface area (TPSA) is 71.1 Å². The van der Waals surface area contributed by atoms with Crippen LogP contribution in [0.5, 0.6) is 0 Å². The van der Waals surface area contributed by atoms with Crippen LogP contribution >= 0.6 is 16.5 Å². The van der Waals surface area contributed by atoms with Crippen molar-refractivity contribution in [2.24, 2.45) is 0 Å². The third-order valence-corrected chi connectivity index (χ3v) is 4.63. The standard InChI is InChI=1S/2C8H19O3P.Co/c2*1-3-5-7-10-12(9)11-8-6-4-2;/h2*12H,3-8H2,1-2H3;. The van der Waals surface area contributed by atoms with Gasteiger partial charge in [0.2, 0.25) is 0 Å². The molecule has 25 heavy (non-hydrogen) atoms. The van der Waals surface area contributed by atoms with Gasteiger partial charge >= 0.3 is 16.5 Å². The summed E-state index contributed by atoms with van der Waals surface area (Å²) in [5, 5.41) is 0. The molecule has 0 atom stereocenters. The third-order valence-electron chi connectivity index (χ3n) is 2.87. The van der Waals surface area contributed by atoms with E-state index in [0.29, 0.717) is 26.4 Å². The Hall–Kier alpha value is 0.806. The molecule has 0 aliphatic carbocycles. The molecule has 0 rings (SSSR count). The van der Waals surface area contributed by atoms with Crippen molar-refractivity contribution in [1.29, 1.82) is 0 Å². The third kappa shape index (κ3) is 29.8. The second-order valence-corrected chi connectivity index (χ2v) is 7.46. The van der Waals surface area contributed by atoms with Crippen LogP contribution in [0.4, 0.5) is 0 Å². The maximum atomic E-state index is 10.9. The summed E-state index contributed by atoms with van der Waals surface area (Å²) in [4.78, 5) is 0. The molecule has 0 saturated carbocycles. The summed E-state index contributed by atoms with van der Waals surface area (Å²) in [6, 6.07) is 0. The molecule has 0 aromatic rings. The van der Waals surface area contributed by atoms with Gasteiger partial charge in [0, 0.05) is 16.8 Å². The van der Waals surface area contributed by atoms with Crippen LogP contribution in [0.3, 0.4) is 0 Å². The van der Waals surface area contributed by atoms with Gasteiger partial charge in [-0.2, -0.15) is 0 Å². The number of hydrogen-bond acceptors (Lipinski definition) is 6. The Labute approximate surface area is 166 Å². The zero-order valence-corrected chi connectivity index (χ0v) is 19.3. The minimum absolute atomic E-state index is 0. The molecule has 0 fully saturated rings. The summed E-state index contributed by atoms with van der Waals surface area (Å²) in [7, 11) is -4.37. The van der Waals surface area contributed by atoms with E-state index in [9.17, 15) is 9.13 Å². The van der Waals surface area contributed by atoms with Crippen molar-refractivity contribution < 1.29 is 44.0 Å². The Morgan fingerprint density at radius 2 is 0.720 bits per heavy atom. The van der Waals surface area contributed by atoms with E-state index >= 15 is 0 Å². The molecule has 0 aliphatic rings. The molecule has 0 bridgehead atoms. The van der Waals surface area contributed by atoms with E-state index in [1.54, 1.807) is 0 Å². The predicted octanol–water partition coefficient (Wildman–Crippen LogP) is 6.02. The van der Waals surface area contributed by atoms with E-state index in [2.05, 4.69) is 27.7 Å². The first-order chi connectivity index (χ1) is 11.6. The SMILES string of the molecule is CCCCO[PH](=O)OCCCC.CCCCO[PH](=O)OCCCC.[Co]. The molecule has 0 unspecified atom stereocenters. The predicted molar refractivity (Wildman–Crippen MR) is 101 cm³/mol. The molecule has 6 nitrogen and oxygen atoms in total. The van der Waals surface area contributed by atoms with Crippen LogP contribution in [0, 0.1) is 0 Å². The van der Waals surface area contributed by atoms with Gasteiger partial charge in [0.15, 0.2) is 0 Å². The van der Waals surface area contributed by atoms with Crippen LogP contribution in [0.25, 0.3) is 0 Å². The van der Waals surface area contributed by atoms with Crippen LogP contribution < -0.4 is 0 Å². The van der Waals surface area contributed by atoms with Crippen LogP contribution in [0.2, 0.25) is 0 Å². The first-order valence-corrected chi connectivity index (χ1v) is 11.7. The number of hydrogen-bond donors (Lipinski definition) is 0. The Kier molecular flexibility index (Phi) is 33.0. The van der Waals surface area contributed by atoms with E-state index < -0.39 is 16.5 Å². The zero-order valence-electron chi connectivity index (χ0n) is 16.3. The second kappa shape index (κ2) is 27.0. The van der Waals surface area contributed by atoms with E-state index in [4.69, 9.17) is 18.1 Å². The average Bonchev–Trinajstić information content (AvgIpc) is 2.56. The van der Waals surface area contributed by atoms with Crippen LogP contribution in [0.15, 0.2) is 0 Å². The molecule has 0 saturated heterocycles. The minimum Gasteiger partial charge on any atom is -0.311 e. The Bertz CT molecular complexity index is 244. The Morgan fingerprint density at radius 1 is 0.520 bits per heavy atom. The summed E-state index contributed by atoms with van der Waals surface area (Å²) in [6.45, 7) is 10.5. The monoisotopic (exact) mass is 447 g/mol. The van der Waals surface area contributed by atoms with Crippen molar-refractivity contribution in [1.82, 2.24) is 0 Å². The molecule has 0 N–H and O–H groups in total. The van der Waals surface area contributed by atoms with E-state index in [-0.39, 0.29) is 16.8 Å². The van der Waals surface area contributed by atoms with E-state index in [1.807, 2.05) is 0 Å². The fourth-order valence-electron chi connectivity index (χ4n) is 1.28. The fourth-order valence-corrected chi connectivity index (χ4v) is 2.69. The smallest absolute Gasteiger partial charge is 0.311 e. The van der Waals surface area contributed by atoms with Crippen molar-refractivity contribution in [3.05, 3.63) is 0 Å². The maximum absolute atomic E-state index is 10.9. The molecule has 9 heteroatoms. The van der Waals surface area contributed by atoms with Gasteiger partial charge < -0.3 is 18.1 Å². The van der Waals surface area contributed by atoms with E-state index in [0.717, 1.165) is 51.4 Å². The summed E-state index contributed by atoms with van der Waals surface area (Å²) in [5.41, 5.74) is 0. The first kappa shape index (κ1) is 30.5. The molecule has 1 radical (unpaired) electrons. The summed E-state index contributed by atoms with van der Waals surface area (Å²) >= 11 is 0. The van der Waals surface area contributed by atoms with Crippen LogP contribution in [0.1, 0.15) is 79.1 Å². The molecule has 0 aromatic heterocycles. The molecule has 0 aliphatic heterocycles. The van der Waals surface area contributed by atoms with Crippen molar-refractivity contribution in [2.75, 3.05) is 26.4 Å². The van der Waals surface area contributed by atoms with Crippen molar-refractivity contribution in [3.8, 4) is 0 Å².